The second-order valence-electron chi connectivity index (χ2n) is 3.19. The molecule has 0 saturated heterocycles. The number of aromatic nitrogens is 2. The smallest absolute Gasteiger partial charge is 0.254 e. The Morgan fingerprint density at radius 2 is 2.21 bits per heavy atom. The summed E-state index contributed by atoms with van der Waals surface area (Å²) in [6, 6.07) is 7.40. The van der Waals surface area contributed by atoms with Crippen LogP contribution in [0.4, 0.5) is 5.69 Å². The summed E-state index contributed by atoms with van der Waals surface area (Å²) in [5.41, 5.74) is 8.21. The van der Waals surface area contributed by atoms with E-state index in [2.05, 4.69) is 16.0 Å². The first-order valence-corrected chi connectivity index (χ1v) is 4.36. The van der Waals surface area contributed by atoms with Gasteiger partial charge in [0.15, 0.2) is 0 Å². The summed E-state index contributed by atoms with van der Waals surface area (Å²) in [5.74, 6) is 0. The number of hydrogen-bond donors (Lipinski definition) is 2. The van der Waals surface area contributed by atoms with Crippen molar-refractivity contribution >= 4 is 16.6 Å². The summed E-state index contributed by atoms with van der Waals surface area (Å²) in [6.45, 7) is 0.586. The van der Waals surface area contributed by atoms with E-state index >= 15 is 0 Å². The lowest BCUT2D eigenvalue weighted by molar-refractivity contribution is -0.643. The van der Waals surface area contributed by atoms with Gasteiger partial charge in [-0.25, -0.2) is 5.43 Å². The highest BCUT2D eigenvalue weighted by Crippen LogP contribution is 2.25. The van der Waals surface area contributed by atoms with Gasteiger partial charge in [0.05, 0.1) is 17.6 Å². The number of fused-ring (bicyclic) bond motifs is 3. The maximum absolute atomic E-state index is 11.5. The molecule has 5 nitrogen and oxygen atoms in total. The molecule has 0 bridgehead atoms. The predicted octanol–water partition coefficient (Wildman–Crippen LogP) is 0.298. The van der Waals surface area contributed by atoms with Crippen LogP contribution < -0.4 is 15.7 Å². The second kappa shape index (κ2) is 2.55. The lowest BCUT2D eigenvalue weighted by atomic mass is 10.2. The minimum atomic E-state index is 0.586. The fourth-order valence-electron chi connectivity index (χ4n) is 1.70. The quantitative estimate of drug-likeness (QED) is 0.461. The predicted molar refractivity (Wildman–Crippen MR) is 51.2 cm³/mol. The topological polar surface area (TPSA) is 63.9 Å². The number of nitrogens with one attached hydrogen (secondary N) is 2. The lowest BCUT2D eigenvalue weighted by Gasteiger charge is -2.03. The van der Waals surface area contributed by atoms with Gasteiger partial charge >= 0.3 is 0 Å². The fourth-order valence-corrected chi connectivity index (χ4v) is 1.70. The summed E-state index contributed by atoms with van der Waals surface area (Å²) < 4.78 is 0. The Morgan fingerprint density at radius 1 is 1.36 bits per heavy atom. The minimum absolute atomic E-state index is 0.586. The lowest BCUT2D eigenvalue weighted by Crippen LogP contribution is -2.32. The van der Waals surface area contributed by atoms with Crippen LogP contribution in [0.5, 0.6) is 0 Å². The van der Waals surface area contributed by atoms with Gasteiger partial charge in [-0.05, 0) is 10.9 Å². The van der Waals surface area contributed by atoms with Crippen molar-refractivity contribution in [1.29, 1.82) is 0 Å². The maximum Gasteiger partial charge on any atom is 0.254 e. The number of anilines is 1. The van der Waals surface area contributed by atoms with Gasteiger partial charge in [0, 0.05) is 11.2 Å². The molecule has 1 aromatic heterocycles. The molecule has 14 heavy (non-hydrogen) atoms. The Morgan fingerprint density at radius 3 is 3.14 bits per heavy atom. The molecule has 3 rings (SSSR count). The number of hydrazine groups is 1. The van der Waals surface area contributed by atoms with Gasteiger partial charge in [-0.2, -0.15) is 0 Å². The zero-order valence-electron chi connectivity index (χ0n) is 7.32. The highest BCUT2D eigenvalue weighted by molar-refractivity contribution is 5.90. The van der Waals surface area contributed by atoms with E-state index in [9.17, 15) is 5.21 Å². The molecule has 0 spiro atoms. The van der Waals surface area contributed by atoms with Gasteiger partial charge in [-0.1, -0.05) is 12.1 Å². The third kappa shape index (κ3) is 0.869. The molecule has 70 valence electrons. The van der Waals surface area contributed by atoms with E-state index in [4.69, 9.17) is 0 Å². The van der Waals surface area contributed by atoms with Crippen molar-refractivity contribution < 1.29 is 4.85 Å². The summed E-state index contributed by atoms with van der Waals surface area (Å²) in [7, 11) is 0. The third-order valence-corrected chi connectivity index (χ3v) is 2.35. The summed E-state index contributed by atoms with van der Waals surface area (Å²) in [6.07, 6.45) is 0. The number of nitrogens with zero attached hydrogens (tertiary/aromatic N) is 2. The second-order valence-corrected chi connectivity index (χ2v) is 3.19. The van der Waals surface area contributed by atoms with Crippen LogP contribution in [-0.2, 0) is 6.54 Å². The zero-order valence-corrected chi connectivity index (χ0v) is 7.32. The van der Waals surface area contributed by atoms with Crippen molar-refractivity contribution in [3.05, 3.63) is 35.2 Å². The van der Waals surface area contributed by atoms with Crippen molar-refractivity contribution in [3.8, 4) is 0 Å². The van der Waals surface area contributed by atoms with E-state index in [1.165, 1.54) is 0 Å². The van der Waals surface area contributed by atoms with E-state index in [1.54, 1.807) is 6.07 Å². The van der Waals surface area contributed by atoms with Gasteiger partial charge in [-0.3, -0.25) is 0 Å². The highest BCUT2D eigenvalue weighted by atomic mass is 16.5. The summed E-state index contributed by atoms with van der Waals surface area (Å²) in [5, 5.41) is 16.3. The maximum atomic E-state index is 11.5. The minimum Gasteiger partial charge on any atom is -0.594 e. The van der Waals surface area contributed by atoms with Crippen molar-refractivity contribution in [2.75, 3.05) is 5.43 Å². The molecular formula is C9H8N4O. The number of benzene rings is 1. The monoisotopic (exact) mass is 188 g/mol. The normalized spacial score (nSPS) is 14.0. The summed E-state index contributed by atoms with van der Waals surface area (Å²) >= 11 is 0. The molecule has 1 aliphatic rings. The van der Waals surface area contributed by atoms with Crippen LogP contribution >= 0.6 is 0 Å². The number of rotatable bonds is 0. The fraction of sp³-hybridized carbons (Fsp3) is 0.111. The zero-order chi connectivity index (χ0) is 9.54. The standard InChI is InChI=1S/C9H8N4O/c14-13-8-4-2-1-3-6(8)9-7(12-13)5-10-11-9/h1-4,10-11H,5H2. The molecule has 0 saturated carbocycles. The number of para-hydroxylation sites is 1. The molecule has 0 amide bonds. The van der Waals surface area contributed by atoms with Crippen molar-refractivity contribution in [3.63, 3.8) is 0 Å². The average Bonchev–Trinajstić information content (AvgIpc) is 2.66. The van der Waals surface area contributed by atoms with Gasteiger partial charge in [-0.15, -0.1) is 0 Å². The number of hydrogen-bond acceptors (Lipinski definition) is 4. The van der Waals surface area contributed by atoms with Crippen LogP contribution in [0.15, 0.2) is 24.3 Å². The van der Waals surface area contributed by atoms with Crippen molar-refractivity contribution in [2.45, 2.75) is 6.54 Å². The molecule has 1 aromatic carbocycles. The van der Waals surface area contributed by atoms with E-state index in [0.717, 1.165) is 16.8 Å². The largest absolute Gasteiger partial charge is 0.594 e. The molecular weight excluding hydrogens is 180 g/mol. The molecule has 1 aliphatic heterocycles. The molecule has 2 aromatic rings. The molecule has 5 heteroatoms. The van der Waals surface area contributed by atoms with E-state index in [0.29, 0.717) is 16.9 Å². The molecule has 0 atom stereocenters. The Bertz CT molecular complexity index is 511. The van der Waals surface area contributed by atoms with Crippen molar-refractivity contribution in [2.24, 2.45) is 0 Å². The molecule has 2 N–H and O–H groups in total. The summed E-state index contributed by atoms with van der Waals surface area (Å²) in [4.78, 5) is 0.669. The third-order valence-electron chi connectivity index (χ3n) is 2.35. The van der Waals surface area contributed by atoms with Crippen LogP contribution in [0.2, 0.25) is 0 Å². The Labute approximate surface area is 79.9 Å². The van der Waals surface area contributed by atoms with Crippen LogP contribution in [0.3, 0.4) is 0 Å². The molecule has 0 radical (unpaired) electrons. The molecule has 0 aliphatic carbocycles. The van der Waals surface area contributed by atoms with E-state index in [1.807, 2.05) is 18.2 Å². The van der Waals surface area contributed by atoms with E-state index < -0.39 is 0 Å². The Kier molecular flexibility index (Phi) is 1.37. The van der Waals surface area contributed by atoms with Gasteiger partial charge in [0.2, 0.25) is 0 Å². The van der Waals surface area contributed by atoms with Gasteiger partial charge < -0.3 is 10.6 Å². The molecule has 0 unspecified atom stereocenters. The molecule has 2 heterocycles. The average molecular weight is 188 g/mol. The van der Waals surface area contributed by atoms with Crippen molar-refractivity contribution in [1.82, 2.24) is 10.5 Å². The SMILES string of the molecule is [O-][n+]1nc2c(c3ccccc31)NNC2. The Hall–Kier alpha value is -1.88. The molecule has 0 fully saturated rings. The van der Waals surface area contributed by atoms with Crippen LogP contribution in [0, 0.1) is 5.21 Å². The highest BCUT2D eigenvalue weighted by Gasteiger charge is 2.20. The van der Waals surface area contributed by atoms with Crippen LogP contribution in [-0.4, -0.2) is 5.10 Å². The first kappa shape index (κ1) is 7.52. The Balaban J connectivity index is 2.47. The first-order valence-electron chi connectivity index (χ1n) is 4.36. The van der Waals surface area contributed by atoms with Gasteiger partial charge in [0.25, 0.3) is 5.52 Å². The first-order chi connectivity index (χ1) is 6.86. The van der Waals surface area contributed by atoms with Crippen LogP contribution in [0.25, 0.3) is 10.9 Å². The van der Waals surface area contributed by atoms with E-state index in [-0.39, 0.29) is 0 Å². The van der Waals surface area contributed by atoms with Gasteiger partial charge in [0.1, 0.15) is 5.69 Å². The van der Waals surface area contributed by atoms with Crippen LogP contribution in [0.1, 0.15) is 5.69 Å².